The smallest absolute Gasteiger partial charge is 0.283 e. The Bertz CT molecular complexity index is 582. The predicted molar refractivity (Wildman–Crippen MR) is 97.6 cm³/mol. The van der Waals surface area contributed by atoms with Crippen LogP contribution in [0, 0.1) is 16.0 Å². The molecule has 0 spiro atoms. The highest BCUT2D eigenvalue weighted by Crippen LogP contribution is 2.31. The molecule has 24 heavy (non-hydrogen) atoms. The standard InChI is InChI=1S/C18H26N2O3S/c1-14(2)9-12-24-17-8-7-15(13-16(17)20(22)23)18(21)19-10-5-3-4-6-11-19/h7-8,13-14H,3-6,9-12H2,1-2H3. The van der Waals surface area contributed by atoms with E-state index >= 15 is 0 Å². The highest BCUT2D eigenvalue weighted by atomic mass is 32.2. The van der Waals surface area contributed by atoms with E-state index in [0.717, 1.165) is 50.9 Å². The molecule has 1 amide bonds. The zero-order chi connectivity index (χ0) is 17.5. The SMILES string of the molecule is CC(C)CCSc1ccc(C(=O)N2CCCCCC2)cc1[N+](=O)[O-]. The van der Waals surface area contributed by atoms with Crippen LogP contribution in [-0.2, 0) is 0 Å². The lowest BCUT2D eigenvalue weighted by Crippen LogP contribution is -2.31. The molecular formula is C18H26N2O3S. The summed E-state index contributed by atoms with van der Waals surface area (Å²) in [7, 11) is 0. The Hall–Kier alpha value is -1.56. The number of amides is 1. The van der Waals surface area contributed by atoms with Gasteiger partial charge in [0, 0.05) is 24.7 Å². The lowest BCUT2D eigenvalue weighted by Gasteiger charge is -2.20. The van der Waals surface area contributed by atoms with Crippen LogP contribution < -0.4 is 0 Å². The zero-order valence-electron chi connectivity index (χ0n) is 14.5. The Balaban J connectivity index is 2.14. The van der Waals surface area contributed by atoms with Crippen LogP contribution in [0.1, 0.15) is 56.3 Å². The van der Waals surface area contributed by atoms with E-state index in [4.69, 9.17) is 0 Å². The van der Waals surface area contributed by atoms with Gasteiger partial charge in [0.25, 0.3) is 11.6 Å². The largest absolute Gasteiger partial charge is 0.339 e. The topological polar surface area (TPSA) is 63.5 Å². The molecule has 1 heterocycles. The van der Waals surface area contributed by atoms with Gasteiger partial charge in [-0.15, -0.1) is 11.8 Å². The van der Waals surface area contributed by atoms with Gasteiger partial charge in [-0.25, -0.2) is 0 Å². The second-order valence-corrected chi connectivity index (χ2v) is 7.81. The third kappa shape index (κ3) is 5.23. The highest BCUT2D eigenvalue weighted by Gasteiger charge is 2.22. The van der Waals surface area contributed by atoms with Gasteiger partial charge in [0.2, 0.25) is 0 Å². The summed E-state index contributed by atoms with van der Waals surface area (Å²) in [5, 5.41) is 11.4. The Morgan fingerprint density at radius 3 is 2.50 bits per heavy atom. The normalized spacial score (nSPS) is 15.4. The molecule has 1 fully saturated rings. The van der Waals surface area contributed by atoms with Crippen molar-refractivity contribution in [3.63, 3.8) is 0 Å². The molecule has 1 saturated heterocycles. The van der Waals surface area contributed by atoms with Gasteiger partial charge in [0.05, 0.1) is 9.82 Å². The van der Waals surface area contributed by atoms with Crippen LogP contribution in [0.15, 0.2) is 23.1 Å². The Morgan fingerprint density at radius 1 is 1.25 bits per heavy atom. The number of nitro benzene ring substituents is 1. The van der Waals surface area contributed by atoms with Crippen molar-refractivity contribution in [3.8, 4) is 0 Å². The van der Waals surface area contributed by atoms with Gasteiger partial charge in [-0.2, -0.15) is 0 Å². The Labute approximate surface area is 148 Å². The van der Waals surface area contributed by atoms with Crippen LogP contribution in [0.2, 0.25) is 0 Å². The van der Waals surface area contributed by atoms with Crippen molar-refractivity contribution >= 4 is 23.4 Å². The molecule has 1 aliphatic heterocycles. The minimum absolute atomic E-state index is 0.0458. The number of nitrogens with zero attached hydrogens (tertiary/aromatic N) is 2. The molecule has 0 N–H and O–H groups in total. The second-order valence-electron chi connectivity index (χ2n) is 6.68. The summed E-state index contributed by atoms with van der Waals surface area (Å²) in [5.41, 5.74) is 0.473. The first-order chi connectivity index (χ1) is 11.5. The van der Waals surface area contributed by atoms with Crippen molar-refractivity contribution in [1.82, 2.24) is 4.90 Å². The van der Waals surface area contributed by atoms with E-state index in [2.05, 4.69) is 13.8 Å². The van der Waals surface area contributed by atoms with Crippen molar-refractivity contribution in [3.05, 3.63) is 33.9 Å². The fourth-order valence-corrected chi connectivity index (χ4v) is 4.03. The van der Waals surface area contributed by atoms with Crippen molar-refractivity contribution in [2.24, 2.45) is 5.92 Å². The number of benzene rings is 1. The maximum Gasteiger partial charge on any atom is 0.283 e. The molecular weight excluding hydrogens is 324 g/mol. The summed E-state index contributed by atoms with van der Waals surface area (Å²) in [4.78, 5) is 26.1. The molecule has 0 aliphatic carbocycles. The van der Waals surface area contributed by atoms with E-state index in [1.165, 1.54) is 17.8 Å². The average molecular weight is 350 g/mol. The summed E-state index contributed by atoms with van der Waals surface area (Å²) < 4.78 is 0. The lowest BCUT2D eigenvalue weighted by molar-refractivity contribution is -0.387. The molecule has 0 radical (unpaired) electrons. The molecule has 1 aromatic rings. The second kappa shape index (κ2) is 9.06. The van der Waals surface area contributed by atoms with Gasteiger partial charge in [0.1, 0.15) is 0 Å². The van der Waals surface area contributed by atoms with Crippen LogP contribution >= 0.6 is 11.8 Å². The maximum absolute atomic E-state index is 12.6. The van der Waals surface area contributed by atoms with Gasteiger partial charge >= 0.3 is 0 Å². The molecule has 0 aromatic heterocycles. The summed E-state index contributed by atoms with van der Waals surface area (Å²) in [6.45, 7) is 5.77. The summed E-state index contributed by atoms with van der Waals surface area (Å²) in [6, 6.07) is 4.91. The Morgan fingerprint density at radius 2 is 1.92 bits per heavy atom. The van der Waals surface area contributed by atoms with Gasteiger partial charge in [-0.3, -0.25) is 14.9 Å². The summed E-state index contributed by atoms with van der Waals surface area (Å²) in [5.74, 6) is 1.33. The van der Waals surface area contributed by atoms with E-state index in [9.17, 15) is 14.9 Å². The van der Waals surface area contributed by atoms with Crippen molar-refractivity contribution in [2.45, 2.75) is 50.8 Å². The molecule has 1 aliphatic rings. The van der Waals surface area contributed by atoms with Gasteiger partial charge in [0.15, 0.2) is 0 Å². The van der Waals surface area contributed by atoms with Crippen LogP contribution in [-0.4, -0.2) is 34.6 Å². The molecule has 1 aromatic carbocycles. The van der Waals surface area contributed by atoms with Gasteiger partial charge < -0.3 is 4.90 Å². The molecule has 5 nitrogen and oxygen atoms in total. The minimum Gasteiger partial charge on any atom is -0.339 e. The first-order valence-electron chi connectivity index (χ1n) is 8.69. The number of rotatable bonds is 6. The monoisotopic (exact) mass is 350 g/mol. The van der Waals surface area contributed by atoms with E-state index < -0.39 is 0 Å². The van der Waals surface area contributed by atoms with Gasteiger partial charge in [-0.05, 0) is 43.1 Å². The van der Waals surface area contributed by atoms with Crippen molar-refractivity contribution in [1.29, 1.82) is 0 Å². The molecule has 0 atom stereocenters. The van der Waals surface area contributed by atoms with Crippen LogP contribution in [0.3, 0.4) is 0 Å². The van der Waals surface area contributed by atoms with E-state index in [0.29, 0.717) is 16.4 Å². The molecule has 2 rings (SSSR count). The lowest BCUT2D eigenvalue weighted by atomic mass is 10.1. The fourth-order valence-electron chi connectivity index (χ4n) is 2.78. The van der Waals surface area contributed by atoms with E-state index in [1.54, 1.807) is 12.1 Å². The van der Waals surface area contributed by atoms with Crippen LogP contribution in [0.5, 0.6) is 0 Å². The van der Waals surface area contributed by atoms with Crippen molar-refractivity contribution < 1.29 is 9.72 Å². The highest BCUT2D eigenvalue weighted by molar-refractivity contribution is 7.99. The number of likely N-dealkylation sites (tertiary alicyclic amines) is 1. The third-order valence-corrected chi connectivity index (χ3v) is 5.34. The number of thioether (sulfide) groups is 1. The number of carbonyl (C=O) groups excluding carboxylic acids is 1. The van der Waals surface area contributed by atoms with Crippen LogP contribution in [0.25, 0.3) is 0 Å². The predicted octanol–water partition coefficient (Wildman–Crippen LogP) is 4.75. The van der Waals surface area contributed by atoms with Crippen LogP contribution in [0.4, 0.5) is 5.69 Å². The molecule has 0 unspecified atom stereocenters. The van der Waals surface area contributed by atoms with Crippen molar-refractivity contribution in [2.75, 3.05) is 18.8 Å². The minimum atomic E-state index is -0.378. The Kier molecular flexibility index (Phi) is 7.09. The average Bonchev–Trinajstić information content (AvgIpc) is 2.83. The first-order valence-corrected chi connectivity index (χ1v) is 9.68. The maximum atomic E-state index is 12.6. The summed E-state index contributed by atoms with van der Waals surface area (Å²) >= 11 is 1.50. The van der Waals surface area contributed by atoms with Gasteiger partial charge in [-0.1, -0.05) is 26.7 Å². The molecule has 132 valence electrons. The van der Waals surface area contributed by atoms with E-state index in [1.807, 2.05) is 4.90 Å². The number of hydrogen-bond acceptors (Lipinski definition) is 4. The first kappa shape index (κ1) is 18.8. The number of hydrogen-bond donors (Lipinski definition) is 0. The molecule has 6 heteroatoms. The fraction of sp³-hybridized carbons (Fsp3) is 0.611. The quantitative estimate of drug-likeness (QED) is 0.422. The number of carbonyl (C=O) groups is 1. The zero-order valence-corrected chi connectivity index (χ0v) is 15.3. The molecule has 0 bridgehead atoms. The third-order valence-electron chi connectivity index (χ3n) is 4.25. The van der Waals surface area contributed by atoms with E-state index in [-0.39, 0.29) is 16.5 Å². The summed E-state index contributed by atoms with van der Waals surface area (Å²) in [6.07, 6.45) is 5.33. The molecule has 0 saturated carbocycles. The number of nitro groups is 1.